The first-order chi connectivity index (χ1) is 25.4. The Hall–Kier alpha value is -0.710. The minimum absolute atomic E-state index is 0.0118. The molecule has 0 spiro atoms. The normalized spacial score (nSPS) is 16.4. The van der Waals surface area contributed by atoms with E-state index in [1.54, 1.807) is 0 Å². The minimum atomic E-state index is -0.836. The molecule has 0 amide bonds. The van der Waals surface area contributed by atoms with E-state index in [4.69, 9.17) is 14.2 Å². The Labute approximate surface area is 371 Å². The summed E-state index contributed by atoms with van der Waals surface area (Å²) in [6.07, 6.45) is 9.78. The first kappa shape index (κ1) is 58.3. The number of Topliss-reactive ketones (excluding diaryl/α,β-unsaturated/α-hetero) is 1. The lowest BCUT2D eigenvalue weighted by atomic mass is 9.48. The Kier molecular flexibility index (Phi) is 18.6. The van der Waals surface area contributed by atoms with Crippen LogP contribution in [0.4, 0.5) is 0 Å². The molecule has 0 heterocycles. The van der Waals surface area contributed by atoms with Crippen molar-refractivity contribution in [1.82, 2.24) is 0 Å². The maximum atomic E-state index is 14.1. The van der Waals surface area contributed by atoms with Gasteiger partial charge in [-0.1, -0.05) is 178 Å². The first-order valence-corrected chi connectivity index (χ1v) is 23.6. The molecule has 1 atom stereocenters. The first-order valence-electron chi connectivity index (χ1n) is 23.6. The number of carbonyl (C=O) groups is 1. The van der Waals surface area contributed by atoms with E-state index >= 15 is 0 Å². The third-order valence-corrected chi connectivity index (χ3v) is 16.0. The second kappa shape index (κ2) is 18.8. The second-order valence-electron chi connectivity index (χ2n) is 28.7. The van der Waals surface area contributed by atoms with Gasteiger partial charge in [-0.3, -0.25) is 4.79 Å². The quantitative estimate of drug-likeness (QED) is 0.0909. The molecular formula is C55H108O4. The van der Waals surface area contributed by atoms with Crippen molar-refractivity contribution >= 4 is 5.78 Å². The van der Waals surface area contributed by atoms with Crippen LogP contribution in [0.15, 0.2) is 12.2 Å². The van der Waals surface area contributed by atoms with Gasteiger partial charge in [0.25, 0.3) is 0 Å². The molecule has 0 fully saturated rings. The summed E-state index contributed by atoms with van der Waals surface area (Å²) < 4.78 is 19.9. The Morgan fingerprint density at radius 2 is 0.864 bits per heavy atom. The molecule has 0 saturated carbocycles. The van der Waals surface area contributed by atoms with E-state index < -0.39 is 11.0 Å². The van der Waals surface area contributed by atoms with Crippen molar-refractivity contribution in [2.45, 2.75) is 263 Å². The molecular weight excluding hydrogens is 725 g/mol. The number of ketones is 1. The zero-order valence-electron chi connectivity index (χ0n) is 45.9. The molecule has 59 heavy (non-hydrogen) atoms. The van der Waals surface area contributed by atoms with Gasteiger partial charge in [-0.15, -0.1) is 0 Å². The van der Waals surface area contributed by atoms with Crippen molar-refractivity contribution < 1.29 is 19.0 Å². The van der Waals surface area contributed by atoms with Crippen LogP contribution in [0.5, 0.6) is 0 Å². The van der Waals surface area contributed by atoms with Crippen LogP contribution in [-0.4, -0.2) is 42.4 Å². The number of hydrogen-bond donors (Lipinski definition) is 0. The second-order valence-corrected chi connectivity index (χ2v) is 28.7. The van der Waals surface area contributed by atoms with Crippen LogP contribution in [0.3, 0.4) is 0 Å². The molecule has 0 aliphatic rings. The fourth-order valence-corrected chi connectivity index (χ4v) is 9.71. The maximum Gasteiger partial charge on any atom is 0.169 e. The van der Waals surface area contributed by atoms with E-state index in [9.17, 15) is 4.79 Å². The summed E-state index contributed by atoms with van der Waals surface area (Å²) in [6.45, 7) is 70.9. The summed E-state index contributed by atoms with van der Waals surface area (Å²) in [6, 6.07) is 0. The van der Waals surface area contributed by atoms with Crippen molar-refractivity contribution in [3.8, 4) is 0 Å². The third kappa shape index (κ3) is 16.1. The van der Waals surface area contributed by atoms with E-state index in [1.165, 1.54) is 0 Å². The van der Waals surface area contributed by atoms with Crippen LogP contribution in [0, 0.1) is 59.6 Å². The lowest BCUT2D eigenvalue weighted by molar-refractivity contribution is -0.227. The van der Waals surface area contributed by atoms with Crippen LogP contribution in [0.2, 0.25) is 0 Å². The number of ether oxygens (including phenoxy) is 3. The highest BCUT2D eigenvalue weighted by molar-refractivity contribution is 5.91. The Morgan fingerprint density at radius 3 is 1.24 bits per heavy atom. The van der Waals surface area contributed by atoms with Gasteiger partial charge >= 0.3 is 0 Å². The summed E-state index contributed by atoms with van der Waals surface area (Å²) in [5.74, 6) is 0.178. The number of rotatable bonds is 24. The van der Waals surface area contributed by atoms with Crippen LogP contribution in [0.25, 0.3) is 0 Å². The lowest BCUT2D eigenvalue weighted by Gasteiger charge is -2.60. The van der Waals surface area contributed by atoms with Crippen molar-refractivity contribution in [3.05, 3.63) is 12.2 Å². The number of hydrogen-bond acceptors (Lipinski definition) is 4. The molecule has 0 aliphatic heterocycles. The zero-order chi connectivity index (χ0) is 47.7. The molecule has 352 valence electrons. The topological polar surface area (TPSA) is 44.8 Å². The van der Waals surface area contributed by atoms with Gasteiger partial charge in [0, 0.05) is 18.6 Å². The summed E-state index contributed by atoms with van der Waals surface area (Å²) in [7, 11) is 0. The van der Waals surface area contributed by atoms with Crippen LogP contribution in [-0.2, 0) is 19.0 Å². The molecule has 0 aromatic carbocycles. The van der Waals surface area contributed by atoms with E-state index in [0.29, 0.717) is 13.2 Å². The van der Waals surface area contributed by atoms with E-state index in [0.717, 1.165) is 32.1 Å². The fraction of sp³-hybridized carbons (Fsp3) is 0.945. The molecule has 0 aromatic heterocycles. The monoisotopic (exact) mass is 833 g/mol. The van der Waals surface area contributed by atoms with Crippen LogP contribution >= 0.6 is 0 Å². The number of allylic oxidation sites excluding steroid dienone is 2. The smallest absolute Gasteiger partial charge is 0.169 e. The maximum absolute atomic E-state index is 14.1. The molecule has 4 heteroatoms. The van der Waals surface area contributed by atoms with Gasteiger partial charge in [0.1, 0.15) is 5.60 Å². The molecule has 0 bridgehead atoms. The average Bonchev–Trinajstić information content (AvgIpc) is 2.94. The van der Waals surface area contributed by atoms with Crippen molar-refractivity contribution in [2.75, 3.05) is 13.2 Å². The Morgan fingerprint density at radius 1 is 0.475 bits per heavy atom. The minimum Gasteiger partial charge on any atom is -0.379 e. The van der Waals surface area contributed by atoms with Gasteiger partial charge in [0.15, 0.2) is 5.78 Å². The SMILES string of the molecule is CC(C)OCCC(C)(C)OC(C(C)(C)C(C)(C)CC(C)(C)C)C(C)(C)C(C)(C)CC(C)(C)C(C)(C)/C=C\C(C)(C)C(C)(C)CC(C)(C)C(=O)C(C)(C)OCCC(C)(C)C. The largest absolute Gasteiger partial charge is 0.379 e. The van der Waals surface area contributed by atoms with Gasteiger partial charge in [-0.25, -0.2) is 0 Å². The van der Waals surface area contributed by atoms with Gasteiger partial charge in [-0.2, -0.15) is 0 Å². The van der Waals surface area contributed by atoms with Crippen molar-refractivity contribution in [3.63, 3.8) is 0 Å². The van der Waals surface area contributed by atoms with Crippen molar-refractivity contribution in [2.24, 2.45) is 59.6 Å². The fourth-order valence-electron chi connectivity index (χ4n) is 9.71. The molecule has 0 N–H and O–H groups in total. The molecule has 0 aliphatic carbocycles. The predicted octanol–water partition coefficient (Wildman–Crippen LogP) is 16.8. The average molecular weight is 833 g/mol. The summed E-state index contributed by atoms with van der Waals surface area (Å²) in [5, 5.41) is 0. The van der Waals surface area contributed by atoms with Crippen molar-refractivity contribution in [1.29, 1.82) is 0 Å². The summed E-state index contributed by atoms with van der Waals surface area (Å²) in [4.78, 5) is 14.1. The highest BCUT2D eigenvalue weighted by Crippen LogP contribution is 2.61. The standard InChI is InChI=1S/C55H108O4/c1-40(2)57-35-34-52(23,24)59-42(53(25,26)50(19,20)37-44(6,7)8)54(27,28)51(21,22)39-49(17,18)47(13,14)32-31-46(11,12)48(15,16)38-45(9,10)41(56)55(29,30)58-36-33-43(3,4)5/h31-32,40,42H,33-39H2,1-30H3/b32-31-. The van der Waals surface area contributed by atoms with E-state index in [1.807, 2.05) is 13.8 Å². The molecule has 4 nitrogen and oxygen atoms in total. The summed E-state index contributed by atoms with van der Waals surface area (Å²) in [5.41, 5.74) is -2.30. The van der Waals surface area contributed by atoms with Gasteiger partial charge in [0.2, 0.25) is 0 Å². The zero-order valence-corrected chi connectivity index (χ0v) is 45.9. The van der Waals surface area contributed by atoms with Gasteiger partial charge < -0.3 is 14.2 Å². The molecule has 0 saturated heterocycles. The van der Waals surface area contributed by atoms with Crippen LogP contribution < -0.4 is 0 Å². The highest BCUT2D eigenvalue weighted by atomic mass is 16.5. The molecule has 0 aromatic rings. The van der Waals surface area contributed by atoms with Crippen LogP contribution in [0.1, 0.15) is 240 Å². The van der Waals surface area contributed by atoms with E-state index in [-0.39, 0.29) is 77.7 Å². The third-order valence-electron chi connectivity index (χ3n) is 16.0. The molecule has 0 rings (SSSR count). The Balaban J connectivity index is 6.83. The van der Waals surface area contributed by atoms with Gasteiger partial charge in [-0.05, 0) is 128 Å². The number of carbonyl (C=O) groups excluding carboxylic acids is 1. The van der Waals surface area contributed by atoms with Gasteiger partial charge in [0.05, 0.1) is 17.8 Å². The summed E-state index contributed by atoms with van der Waals surface area (Å²) >= 11 is 0. The highest BCUT2D eigenvalue weighted by Gasteiger charge is 2.58. The Bertz CT molecular complexity index is 1360. The predicted molar refractivity (Wildman–Crippen MR) is 260 cm³/mol. The lowest BCUT2D eigenvalue weighted by Crippen LogP contribution is -2.59. The molecule has 1 unspecified atom stereocenters. The van der Waals surface area contributed by atoms with E-state index in [2.05, 4.69) is 206 Å². The molecule has 0 radical (unpaired) electrons.